The molecule has 1 aliphatic heterocycles. The van der Waals surface area contributed by atoms with Gasteiger partial charge in [0.15, 0.2) is 0 Å². The number of ether oxygens (including phenoxy) is 1. The summed E-state index contributed by atoms with van der Waals surface area (Å²) in [6.07, 6.45) is 9.97. The van der Waals surface area contributed by atoms with Crippen molar-refractivity contribution in [1.29, 1.82) is 5.41 Å². The van der Waals surface area contributed by atoms with Crippen LogP contribution in [0.15, 0.2) is 72.5 Å². The molecule has 1 aliphatic rings. The van der Waals surface area contributed by atoms with Crippen LogP contribution in [0.3, 0.4) is 0 Å². The molecule has 2 rings (SSSR count). The lowest BCUT2D eigenvalue weighted by molar-refractivity contribution is -0.124. The van der Waals surface area contributed by atoms with Crippen LogP contribution in [-0.2, 0) is 9.53 Å². The maximum atomic E-state index is 11.1. The van der Waals surface area contributed by atoms with E-state index in [1.165, 1.54) is 6.08 Å². The van der Waals surface area contributed by atoms with E-state index in [-0.39, 0.29) is 12.2 Å². The number of likely N-dealkylation sites (N-methyl/N-ethyl adjacent to an activating group) is 1. The first-order valence-corrected chi connectivity index (χ1v) is 11.2. The number of benzene rings is 1. The average Bonchev–Trinajstić information content (AvgIpc) is 2.80. The summed E-state index contributed by atoms with van der Waals surface area (Å²) in [6, 6.07) is 10.1. The van der Waals surface area contributed by atoms with Crippen molar-refractivity contribution in [3.8, 4) is 0 Å². The topological polar surface area (TPSA) is 88.9 Å². The second-order valence-electron chi connectivity index (χ2n) is 8.27. The van der Waals surface area contributed by atoms with E-state index in [9.17, 15) is 4.79 Å². The van der Waals surface area contributed by atoms with Crippen LogP contribution in [0.4, 0.5) is 0 Å². The number of amides is 1. The van der Waals surface area contributed by atoms with Crippen molar-refractivity contribution in [3.05, 3.63) is 78.0 Å². The molecule has 0 saturated carbocycles. The predicted molar refractivity (Wildman–Crippen MR) is 133 cm³/mol. The van der Waals surface area contributed by atoms with Gasteiger partial charge in [-0.05, 0) is 37.5 Å². The van der Waals surface area contributed by atoms with Crippen LogP contribution in [-0.4, -0.2) is 65.6 Å². The minimum Gasteiger partial charge on any atom is -0.373 e. The van der Waals surface area contributed by atoms with Gasteiger partial charge in [-0.15, -0.1) is 0 Å². The molecule has 33 heavy (non-hydrogen) atoms. The highest BCUT2D eigenvalue weighted by Crippen LogP contribution is 2.18. The Balaban J connectivity index is 2.14. The standard InChI is InChI=1S/C26H36N4O3/c1-5-22(12-9-13-26(31)28-32)14-15-25(27)29(4)24(16-23-10-7-6-8-11-23)19-30-17-20(2)33-21(3)18-30/h5-11,13-14,16,20-21,27,32H,1,12,15,17-19H2,2-4H3,(H,28,31)/b13-9+,22-14+,24-16+,27-25?. The minimum atomic E-state index is -0.576. The predicted octanol–water partition coefficient (Wildman–Crippen LogP) is 4.00. The van der Waals surface area contributed by atoms with E-state index in [0.29, 0.717) is 18.7 Å². The molecule has 0 radical (unpaired) electrons. The number of nitrogens with zero attached hydrogens (tertiary/aromatic N) is 2. The van der Waals surface area contributed by atoms with Crippen LogP contribution in [0.5, 0.6) is 0 Å². The van der Waals surface area contributed by atoms with Crippen molar-refractivity contribution in [2.45, 2.75) is 38.9 Å². The summed E-state index contributed by atoms with van der Waals surface area (Å²) in [5.41, 5.74) is 4.60. The lowest BCUT2D eigenvalue weighted by atomic mass is 10.1. The fourth-order valence-electron chi connectivity index (χ4n) is 3.76. The molecule has 1 aromatic carbocycles. The van der Waals surface area contributed by atoms with Crippen molar-refractivity contribution < 1.29 is 14.7 Å². The highest BCUT2D eigenvalue weighted by atomic mass is 16.5. The Morgan fingerprint density at radius 2 is 1.94 bits per heavy atom. The van der Waals surface area contributed by atoms with Gasteiger partial charge in [-0.25, -0.2) is 5.48 Å². The first-order valence-electron chi connectivity index (χ1n) is 11.2. The normalized spacial score (nSPS) is 20.0. The maximum absolute atomic E-state index is 11.1. The molecule has 0 aliphatic carbocycles. The summed E-state index contributed by atoms with van der Waals surface area (Å²) in [5, 5.41) is 17.2. The van der Waals surface area contributed by atoms with Gasteiger partial charge in [0.1, 0.15) is 5.84 Å². The Labute approximate surface area is 197 Å². The van der Waals surface area contributed by atoms with Crippen LogP contribution in [0.2, 0.25) is 0 Å². The Kier molecular flexibility index (Phi) is 10.8. The molecule has 1 amide bonds. The fourth-order valence-corrected chi connectivity index (χ4v) is 3.76. The molecule has 3 N–H and O–H groups in total. The zero-order chi connectivity index (χ0) is 24.2. The number of nitrogens with one attached hydrogen (secondary N) is 2. The number of rotatable bonds is 10. The minimum absolute atomic E-state index is 0.176. The molecule has 7 nitrogen and oxygen atoms in total. The molecule has 1 saturated heterocycles. The van der Waals surface area contributed by atoms with Crippen LogP contribution in [0.1, 0.15) is 32.3 Å². The third-order valence-electron chi connectivity index (χ3n) is 5.40. The van der Waals surface area contributed by atoms with Crippen molar-refractivity contribution in [3.63, 3.8) is 0 Å². The molecule has 0 spiro atoms. The Morgan fingerprint density at radius 3 is 2.55 bits per heavy atom. The van der Waals surface area contributed by atoms with E-state index in [1.54, 1.807) is 17.6 Å². The summed E-state index contributed by atoms with van der Waals surface area (Å²) in [6.45, 7) is 10.4. The molecular formula is C26H36N4O3. The summed E-state index contributed by atoms with van der Waals surface area (Å²) < 4.78 is 5.88. The first kappa shape index (κ1) is 26.3. The van der Waals surface area contributed by atoms with Gasteiger partial charge in [-0.1, -0.05) is 55.1 Å². The van der Waals surface area contributed by atoms with E-state index in [0.717, 1.165) is 36.5 Å². The summed E-state index contributed by atoms with van der Waals surface area (Å²) in [4.78, 5) is 15.4. The van der Waals surface area contributed by atoms with Crippen LogP contribution < -0.4 is 5.48 Å². The van der Waals surface area contributed by atoms with Gasteiger partial charge in [0.25, 0.3) is 5.91 Å². The number of carbonyl (C=O) groups excluding carboxylic acids is 1. The van der Waals surface area contributed by atoms with Crippen molar-refractivity contribution >= 4 is 17.8 Å². The molecule has 1 fully saturated rings. The molecule has 1 heterocycles. The number of hydrogen-bond donors (Lipinski definition) is 3. The third-order valence-corrected chi connectivity index (χ3v) is 5.40. The molecule has 0 bridgehead atoms. The summed E-state index contributed by atoms with van der Waals surface area (Å²) >= 11 is 0. The lowest BCUT2D eigenvalue weighted by Crippen LogP contribution is -2.47. The molecule has 0 aromatic heterocycles. The number of hydroxylamine groups is 1. The largest absolute Gasteiger partial charge is 0.373 e. The first-order chi connectivity index (χ1) is 15.8. The van der Waals surface area contributed by atoms with Crippen molar-refractivity contribution in [2.24, 2.45) is 0 Å². The summed E-state index contributed by atoms with van der Waals surface area (Å²) in [5.74, 6) is -0.115. The Hall–Kier alpha value is -3.00. The molecule has 178 valence electrons. The number of amidine groups is 1. The molecular weight excluding hydrogens is 416 g/mol. The van der Waals surface area contributed by atoms with Crippen molar-refractivity contribution in [1.82, 2.24) is 15.3 Å². The van der Waals surface area contributed by atoms with Gasteiger partial charge in [0.2, 0.25) is 0 Å². The van der Waals surface area contributed by atoms with Crippen LogP contribution >= 0.6 is 0 Å². The van der Waals surface area contributed by atoms with Gasteiger partial charge < -0.3 is 9.64 Å². The highest BCUT2D eigenvalue weighted by molar-refractivity contribution is 5.86. The summed E-state index contributed by atoms with van der Waals surface area (Å²) in [7, 11) is 1.93. The number of allylic oxidation sites excluding steroid dienone is 3. The van der Waals surface area contributed by atoms with Crippen LogP contribution in [0, 0.1) is 5.41 Å². The quantitative estimate of drug-likeness (QED) is 0.125. The molecule has 7 heteroatoms. The van der Waals surface area contributed by atoms with E-state index in [4.69, 9.17) is 15.4 Å². The van der Waals surface area contributed by atoms with E-state index in [2.05, 4.69) is 43.5 Å². The maximum Gasteiger partial charge on any atom is 0.267 e. The van der Waals surface area contributed by atoms with Gasteiger partial charge >= 0.3 is 0 Å². The second kappa shape index (κ2) is 13.5. The monoisotopic (exact) mass is 452 g/mol. The Bertz CT molecular complexity index is 882. The van der Waals surface area contributed by atoms with E-state index >= 15 is 0 Å². The molecule has 2 unspecified atom stereocenters. The third kappa shape index (κ3) is 9.18. The fraction of sp³-hybridized carbons (Fsp3) is 0.385. The lowest BCUT2D eigenvalue weighted by Gasteiger charge is -2.37. The Morgan fingerprint density at radius 1 is 1.27 bits per heavy atom. The number of carbonyl (C=O) groups is 1. The molecule has 2 atom stereocenters. The zero-order valence-electron chi connectivity index (χ0n) is 19.8. The van der Waals surface area contributed by atoms with Gasteiger partial charge in [0.05, 0.1) is 12.2 Å². The number of hydrogen-bond acceptors (Lipinski definition) is 5. The smallest absolute Gasteiger partial charge is 0.267 e. The van der Waals surface area contributed by atoms with Gasteiger partial charge in [-0.2, -0.15) is 0 Å². The SMILES string of the molecule is C=C/C(=C\CC(=N)N(C)/C(=C/c1ccccc1)CN1CC(C)OC(C)C1)C/C=C/C(=O)NO. The molecule has 1 aromatic rings. The van der Waals surface area contributed by atoms with Gasteiger partial charge in [-0.3, -0.25) is 20.3 Å². The van der Waals surface area contributed by atoms with E-state index < -0.39 is 5.91 Å². The van der Waals surface area contributed by atoms with Crippen LogP contribution in [0.25, 0.3) is 6.08 Å². The zero-order valence-corrected chi connectivity index (χ0v) is 19.8. The van der Waals surface area contributed by atoms with E-state index in [1.807, 2.05) is 36.2 Å². The second-order valence-corrected chi connectivity index (χ2v) is 8.27. The number of morpholine rings is 1. The highest BCUT2D eigenvalue weighted by Gasteiger charge is 2.24. The van der Waals surface area contributed by atoms with Gasteiger partial charge in [0, 0.05) is 44.9 Å². The average molecular weight is 453 g/mol. The van der Waals surface area contributed by atoms with Crippen molar-refractivity contribution in [2.75, 3.05) is 26.7 Å².